The summed E-state index contributed by atoms with van der Waals surface area (Å²) in [4.78, 5) is 11.4. The summed E-state index contributed by atoms with van der Waals surface area (Å²) in [5.74, 6) is 0.802. The first-order valence-corrected chi connectivity index (χ1v) is 8.92. The van der Waals surface area contributed by atoms with Crippen LogP contribution in [0.3, 0.4) is 0 Å². The van der Waals surface area contributed by atoms with E-state index in [1.165, 1.54) is 6.92 Å². The minimum Gasteiger partial charge on any atom is -0.496 e. The summed E-state index contributed by atoms with van der Waals surface area (Å²) < 4.78 is 17.8. The lowest BCUT2D eigenvalue weighted by Gasteiger charge is -2.32. The van der Waals surface area contributed by atoms with E-state index in [2.05, 4.69) is 17.4 Å². The first kappa shape index (κ1) is 20.5. The Labute approximate surface area is 157 Å². The molecule has 1 amide bonds. The van der Waals surface area contributed by atoms with Crippen molar-refractivity contribution in [3.63, 3.8) is 0 Å². The van der Waals surface area contributed by atoms with Crippen molar-refractivity contribution in [3.05, 3.63) is 34.3 Å². The third-order valence-electron chi connectivity index (χ3n) is 5.14. The molecule has 6 heteroatoms. The van der Waals surface area contributed by atoms with Gasteiger partial charge in [0.15, 0.2) is 0 Å². The van der Waals surface area contributed by atoms with Gasteiger partial charge in [-0.05, 0) is 75.8 Å². The minimum atomic E-state index is -0.505. The zero-order valence-electron chi connectivity index (χ0n) is 17.1. The highest BCUT2D eigenvalue weighted by Crippen LogP contribution is 2.39. The standard InChI is InChI=1S/C20H30BNO4/c1-13-9-16(10-14(2)18(13)24-8)11-17(12-22-15(3)23)21-25-19(4,5)20(6,7)26-21/h9-11H,12H2,1-8H3,(H,22,23). The summed E-state index contributed by atoms with van der Waals surface area (Å²) >= 11 is 0. The second kappa shape index (κ2) is 7.45. The Kier molecular flexibility index (Phi) is 5.88. The van der Waals surface area contributed by atoms with Crippen LogP contribution in [-0.2, 0) is 14.1 Å². The Bertz CT molecular complexity index is 686. The topological polar surface area (TPSA) is 56.8 Å². The van der Waals surface area contributed by atoms with Crippen LogP contribution in [0.4, 0.5) is 0 Å². The SMILES string of the molecule is COc1c(C)cc(C=C(CNC(C)=O)B2OC(C)(C)C(C)(C)O2)cc1C. The number of methoxy groups -OCH3 is 1. The summed E-state index contributed by atoms with van der Waals surface area (Å²) in [6.45, 7) is 14.0. The fraction of sp³-hybridized carbons (Fsp3) is 0.550. The summed E-state index contributed by atoms with van der Waals surface area (Å²) in [5.41, 5.74) is 3.16. The Morgan fingerprint density at radius 2 is 1.65 bits per heavy atom. The van der Waals surface area contributed by atoms with Crippen LogP contribution in [0, 0.1) is 13.8 Å². The smallest absolute Gasteiger partial charge is 0.492 e. The summed E-state index contributed by atoms with van der Waals surface area (Å²) in [6, 6.07) is 4.12. The van der Waals surface area contributed by atoms with Gasteiger partial charge in [0.25, 0.3) is 0 Å². The summed E-state index contributed by atoms with van der Waals surface area (Å²) in [7, 11) is 1.17. The van der Waals surface area contributed by atoms with Gasteiger partial charge in [0.2, 0.25) is 5.91 Å². The molecule has 1 heterocycles. The highest BCUT2D eigenvalue weighted by Gasteiger charge is 2.52. The third-order valence-corrected chi connectivity index (χ3v) is 5.14. The molecule has 0 aromatic heterocycles. The van der Waals surface area contributed by atoms with Crippen LogP contribution in [0.2, 0.25) is 0 Å². The maximum Gasteiger partial charge on any atom is 0.492 e. The highest BCUT2D eigenvalue weighted by atomic mass is 16.7. The Morgan fingerprint density at radius 1 is 1.15 bits per heavy atom. The van der Waals surface area contributed by atoms with Gasteiger partial charge in [-0.1, -0.05) is 6.08 Å². The van der Waals surface area contributed by atoms with E-state index in [0.29, 0.717) is 6.54 Å². The molecule has 0 spiro atoms. The van der Waals surface area contributed by atoms with E-state index in [1.807, 2.05) is 47.6 Å². The zero-order chi connectivity index (χ0) is 19.7. The largest absolute Gasteiger partial charge is 0.496 e. The molecule has 2 rings (SSSR count). The number of hydrogen-bond acceptors (Lipinski definition) is 4. The van der Waals surface area contributed by atoms with Crippen LogP contribution < -0.4 is 10.1 Å². The number of hydrogen-bond donors (Lipinski definition) is 1. The Balaban J connectivity index is 2.39. The van der Waals surface area contributed by atoms with Crippen molar-refractivity contribution < 1.29 is 18.8 Å². The molecule has 0 radical (unpaired) electrons. The number of carbonyl (C=O) groups is 1. The molecule has 0 bridgehead atoms. The number of nitrogens with one attached hydrogen (secondary N) is 1. The van der Waals surface area contributed by atoms with Crippen LogP contribution in [0.25, 0.3) is 6.08 Å². The molecule has 1 aromatic carbocycles. The lowest BCUT2D eigenvalue weighted by atomic mass is 9.76. The molecular weight excluding hydrogens is 329 g/mol. The van der Waals surface area contributed by atoms with E-state index in [1.54, 1.807) is 7.11 Å². The van der Waals surface area contributed by atoms with Gasteiger partial charge in [0.1, 0.15) is 5.75 Å². The quantitative estimate of drug-likeness (QED) is 0.818. The van der Waals surface area contributed by atoms with Gasteiger partial charge in [0.05, 0.1) is 18.3 Å². The average Bonchev–Trinajstić information content (AvgIpc) is 2.71. The van der Waals surface area contributed by atoms with Crippen LogP contribution >= 0.6 is 0 Å². The van der Waals surface area contributed by atoms with Crippen LogP contribution in [-0.4, -0.2) is 37.9 Å². The number of benzene rings is 1. The van der Waals surface area contributed by atoms with E-state index in [-0.39, 0.29) is 5.91 Å². The van der Waals surface area contributed by atoms with Crippen LogP contribution in [0.1, 0.15) is 51.3 Å². The summed E-state index contributed by atoms with van der Waals surface area (Å²) in [5, 5.41) is 2.86. The second-order valence-electron chi connectivity index (χ2n) is 7.91. The van der Waals surface area contributed by atoms with Gasteiger partial charge < -0.3 is 19.4 Å². The fourth-order valence-corrected chi connectivity index (χ4v) is 3.03. The van der Waals surface area contributed by atoms with E-state index in [9.17, 15) is 4.79 Å². The molecule has 26 heavy (non-hydrogen) atoms. The first-order valence-electron chi connectivity index (χ1n) is 8.92. The molecule has 0 aliphatic carbocycles. The van der Waals surface area contributed by atoms with Gasteiger partial charge in [-0.3, -0.25) is 4.79 Å². The molecular formula is C20H30BNO4. The molecule has 142 valence electrons. The van der Waals surface area contributed by atoms with Gasteiger partial charge in [-0.25, -0.2) is 0 Å². The lowest BCUT2D eigenvalue weighted by Crippen LogP contribution is -2.41. The summed E-state index contributed by atoms with van der Waals surface area (Å²) in [6.07, 6.45) is 2.03. The van der Waals surface area contributed by atoms with Crippen molar-refractivity contribution in [2.75, 3.05) is 13.7 Å². The van der Waals surface area contributed by atoms with E-state index in [4.69, 9.17) is 14.0 Å². The highest BCUT2D eigenvalue weighted by molar-refractivity contribution is 6.56. The molecule has 0 unspecified atom stereocenters. The fourth-order valence-electron chi connectivity index (χ4n) is 3.03. The number of ether oxygens (including phenoxy) is 1. The number of aryl methyl sites for hydroxylation is 2. The Hall–Kier alpha value is -1.79. The van der Waals surface area contributed by atoms with Crippen LogP contribution in [0.15, 0.2) is 17.6 Å². The molecule has 1 aliphatic heterocycles. The maximum absolute atomic E-state index is 11.4. The molecule has 5 nitrogen and oxygen atoms in total. The zero-order valence-corrected chi connectivity index (χ0v) is 17.1. The van der Waals surface area contributed by atoms with Gasteiger partial charge >= 0.3 is 7.12 Å². The number of rotatable bonds is 5. The monoisotopic (exact) mass is 359 g/mol. The van der Waals surface area contributed by atoms with E-state index in [0.717, 1.165) is 27.9 Å². The molecule has 0 saturated carbocycles. The number of amides is 1. The third kappa shape index (κ3) is 4.30. The van der Waals surface area contributed by atoms with Crippen molar-refractivity contribution in [3.8, 4) is 5.75 Å². The van der Waals surface area contributed by atoms with Gasteiger partial charge in [-0.2, -0.15) is 0 Å². The lowest BCUT2D eigenvalue weighted by molar-refractivity contribution is -0.118. The van der Waals surface area contributed by atoms with Crippen LogP contribution in [0.5, 0.6) is 5.75 Å². The van der Waals surface area contributed by atoms with Crippen molar-refractivity contribution in [1.82, 2.24) is 5.32 Å². The van der Waals surface area contributed by atoms with Crippen molar-refractivity contribution in [1.29, 1.82) is 0 Å². The predicted octanol–water partition coefficient (Wildman–Crippen LogP) is 3.46. The molecule has 1 aliphatic rings. The Morgan fingerprint density at radius 3 is 2.08 bits per heavy atom. The predicted molar refractivity (Wildman–Crippen MR) is 105 cm³/mol. The van der Waals surface area contributed by atoms with Gasteiger partial charge in [-0.15, -0.1) is 0 Å². The molecule has 0 atom stereocenters. The first-order chi connectivity index (χ1) is 12.0. The average molecular weight is 359 g/mol. The van der Waals surface area contributed by atoms with Crippen molar-refractivity contribution >= 4 is 19.1 Å². The van der Waals surface area contributed by atoms with Crippen molar-refractivity contribution in [2.45, 2.75) is 59.7 Å². The van der Waals surface area contributed by atoms with E-state index < -0.39 is 18.3 Å². The second-order valence-corrected chi connectivity index (χ2v) is 7.91. The van der Waals surface area contributed by atoms with Gasteiger partial charge in [0, 0.05) is 13.5 Å². The van der Waals surface area contributed by atoms with E-state index >= 15 is 0 Å². The minimum absolute atomic E-state index is 0.0884. The normalized spacial score (nSPS) is 18.8. The molecule has 1 aromatic rings. The maximum atomic E-state index is 11.4. The molecule has 1 N–H and O–H groups in total. The van der Waals surface area contributed by atoms with Crippen molar-refractivity contribution in [2.24, 2.45) is 0 Å². The molecule has 1 fully saturated rings. The molecule has 1 saturated heterocycles. The number of carbonyl (C=O) groups excluding carboxylic acids is 1.